The van der Waals surface area contributed by atoms with Gasteiger partial charge in [0.15, 0.2) is 0 Å². The number of rotatable bonds is 8. The number of primary amides is 1. The first-order valence-corrected chi connectivity index (χ1v) is 12.9. The van der Waals surface area contributed by atoms with E-state index in [9.17, 15) is 35.9 Å². The van der Waals surface area contributed by atoms with Crippen LogP contribution in [0.1, 0.15) is 67.9 Å². The summed E-state index contributed by atoms with van der Waals surface area (Å²) in [5.41, 5.74) is 3.17. The highest BCUT2D eigenvalue weighted by Crippen LogP contribution is 2.39. The zero-order valence-corrected chi connectivity index (χ0v) is 22.4. The van der Waals surface area contributed by atoms with Crippen molar-refractivity contribution in [3.8, 4) is 0 Å². The summed E-state index contributed by atoms with van der Waals surface area (Å²) in [7, 11) is 0. The molecule has 6 nitrogen and oxygen atoms in total. The Morgan fingerprint density at radius 3 is 2.08 bits per heavy atom. The van der Waals surface area contributed by atoms with E-state index in [1.807, 2.05) is 12.1 Å². The molecule has 0 radical (unpaired) electrons. The van der Waals surface area contributed by atoms with Gasteiger partial charge in [0.25, 0.3) is 0 Å². The third-order valence-corrected chi connectivity index (χ3v) is 7.06. The molecule has 2 aromatic carbocycles. The normalized spacial score (nSPS) is 19.0. The Morgan fingerprint density at radius 1 is 1.00 bits per heavy atom. The predicted octanol–water partition coefficient (Wildman–Crippen LogP) is 6.37. The van der Waals surface area contributed by atoms with Crippen molar-refractivity contribution in [3.63, 3.8) is 0 Å². The number of nitrogens with two attached hydrogens (primary N) is 1. The van der Waals surface area contributed by atoms with Gasteiger partial charge in [-0.05, 0) is 56.5 Å². The van der Waals surface area contributed by atoms with Crippen molar-refractivity contribution in [2.24, 2.45) is 5.73 Å². The number of hydrogen-bond acceptors (Lipinski definition) is 3. The van der Waals surface area contributed by atoms with Gasteiger partial charge in [0.05, 0.1) is 23.3 Å². The van der Waals surface area contributed by atoms with Crippen LogP contribution in [0.15, 0.2) is 48.5 Å². The molecule has 0 spiro atoms. The van der Waals surface area contributed by atoms with Gasteiger partial charge in [0.2, 0.25) is 5.91 Å². The van der Waals surface area contributed by atoms with Crippen molar-refractivity contribution in [2.75, 3.05) is 19.6 Å². The second-order valence-corrected chi connectivity index (χ2v) is 10.2. The number of halogens is 6. The average Bonchev–Trinajstić information content (AvgIpc) is 2.87. The number of likely N-dealkylation sites (tertiary alicyclic amines) is 1. The van der Waals surface area contributed by atoms with Gasteiger partial charge in [-0.3, -0.25) is 4.79 Å². The Hall–Kier alpha value is -3.28. The summed E-state index contributed by atoms with van der Waals surface area (Å²) < 4.78 is 86.4. The molecule has 3 rings (SSSR count). The molecule has 3 amide bonds. The van der Waals surface area contributed by atoms with Crippen LogP contribution in [0.5, 0.6) is 0 Å². The largest absolute Gasteiger partial charge is 0.416 e. The van der Waals surface area contributed by atoms with E-state index in [4.69, 9.17) is 10.5 Å². The van der Waals surface area contributed by atoms with Crippen molar-refractivity contribution in [2.45, 2.75) is 70.1 Å². The summed E-state index contributed by atoms with van der Waals surface area (Å²) in [4.78, 5) is 27.7. The van der Waals surface area contributed by atoms with Gasteiger partial charge >= 0.3 is 18.4 Å². The van der Waals surface area contributed by atoms with Crippen LogP contribution in [0.3, 0.4) is 0 Å². The molecule has 0 bridgehead atoms. The van der Waals surface area contributed by atoms with Gasteiger partial charge in [0.1, 0.15) is 0 Å². The number of nitrogens with zero attached hydrogens (tertiary/aromatic N) is 2. The summed E-state index contributed by atoms with van der Waals surface area (Å²) in [6.07, 6.45) is -11.2. The fraction of sp³-hybridized carbons (Fsp3) is 0.500. The van der Waals surface area contributed by atoms with E-state index in [0.29, 0.717) is 18.6 Å². The Bertz CT molecular complexity index is 1140. The first-order chi connectivity index (χ1) is 18.6. The molecule has 0 aliphatic carbocycles. The van der Waals surface area contributed by atoms with Crippen LogP contribution in [-0.4, -0.2) is 53.5 Å². The second kappa shape index (κ2) is 12.5. The van der Waals surface area contributed by atoms with Crippen molar-refractivity contribution in [1.29, 1.82) is 0 Å². The smallest absolute Gasteiger partial charge is 0.370 e. The molecule has 3 atom stereocenters. The SMILES string of the molecule is CC(C)N(CCC(=O)N1CC[C@H](O[C@H](C)c2cc(C(F)(F)F)cc(C(F)(F)F)c2)[C@H](c2ccccc2)C1)C(N)=O. The molecule has 1 aliphatic heterocycles. The number of piperidine rings is 1. The quantitative estimate of drug-likeness (QED) is 0.373. The lowest BCUT2D eigenvalue weighted by Gasteiger charge is -2.40. The van der Waals surface area contributed by atoms with E-state index in [0.717, 1.165) is 5.56 Å². The lowest BCUT2D eigenvalue weighted by Crippen LogP contribution is -2.48. The fourth-order valence-corrected chi connectivity index (χ4v) is 4.89. The van der Waals surface area contributed by atoms with E-state index in [1.54, 1.807) is 36.9 Å². The van der Waals surface area contributed by atoms with E-state index >= 15 is 0 Å². The number of benzene rings is 2. The van der Waals surface area contributed by atoms with Crippen LogP contribution in [0.2, 0.25) is 0 Å². The number of amides is 3. The monoisotopic (exact) mass is 573 g/mol. The van der Waals surface area contributed by atoms with Gasteiger partial charge in [-0.1, -0.05) is 30.3 Å². The van der Waals surface area contributed by atoms with Crippen molar-refractivity contribution >= 4 is 11.9 Å². The van der Waals surface area contributed by atoms with Crippen LogP contribution in [0.25, 0.3) is 0 Å². The minimum Gasteiger partial charge on any atom is -0.370 e. The molecule has 0 aromatic heterocycles. The molecular formula is C28H33F6N3O3. The maximum absolute atomic E-state index is 13.4. The molecule has 1 fully saturated rings. The van der Waals surface area contributed by atoms with Crippen LogP contribution < -0.4 is 5.73 Å². The van der Waals surface area contributed by atoms with Gasteiger partial charge in [-0.15, -0.1) is 0 Å². The standard InChI is InChI=1S/C28H33F6N3O3/c1-17(2)37(26(35)39)12-10-25(38)36-11-9-24(23(16-36)19-7-5-4-6-8-19)40-18(3)20-13-21(27(29,30)31)15-22(14-20)28(32,33)34/h4-8,13-15,17-18,23-24H,9-12,16H2,1-3H3,(H2,35,39)/t18-,23+,24+/m1/s1. The number of ether oxygens (including phenoxy) is 1. The number of urea groups is 1. The molecular weight excluding hydrogens is 540 g/mol. The molecule has 0 unspecified atom stereocenters. The molecule has 1 heterocycles. The van der Waals surface area contributed by atoms with Gasteiger partial charge in [-0.2, -0.15) is 26.3 Å². The molecule has 1 saturated heterocycles. The predicted molar refractivity (Wildman–Crippen MR) is 136 cm³/mol. The zero-order valence-electron chi connectivity index (χ0n) is 22.4. The molecule has 40 heavy (non-hydrogen) atoms. The summed E-state index contributed by atoms with van der Waals surface area (Å²) in [5, 5.41) is 0. The fourth-order valence-electron chi connectivity index (χ4n) is 4.89. The maximum Gasteiger partial charge on any atom is 0.416 e. The van der Waals surface area contributed by atoms with Crippen molar-refractivity contribution in [3.05, 3.63) is 70.8 Å². The highest BCUT2D eigenvalue weighted by atomic mass is 19.4. The van der Waals surface area contributed by atoms with E-state index in [2.05, 4.69) is 0 Å². The van der Waals surface area contributed by atoms with Crippen LogP contribution >= 0.6 is 0 Å². The highest BCUT2D eigenvalue weighted by molar-refractivity contribution is 5.78. The van der Waals surface area contributed by atoms with Crippen molar-refractivity contribution < 1.29 is 40.7 Å². The number of hydrogen-bond donors (Lipinski definition) is 1. The molecule has 220 valence electrons. The second-order valence-electron chi connectivity index (χ2n) is 10.2. The van der Waals surface area contributed by atoms with Gasteiger partial charge in [0, 0.05) is 38.0 Å². The van der Waals surface area contributed by atoms with E-state index in [1.165, 1.54) is 11.8 Å². The molecule has 2 aromatic rings. The summed E-state index contributed by atoms with van der Waals surface area (Å²) >= 11 is 0. The lowest BCUT2D eigenvalue weighted by atomic mass is 9.87. The molecule has 1 aliphatic rings. The van der Waals surface area contributed by atoms with Gasteiger partial charge in [-0.25, -0.2) is 4.79 Å². The van der Waals surface area contributed by atoms with Crippen molar-refractivity contribution in [1.82, 2.24) is 9.80 Å². The third-order valence-electron chi connectivity index (χ3n) is 7.06. The lowest BCUT2D eigenvalue weighted by molar-refractivity contribution is -0.143. The third kappa shape index (κ3) is 7.89. The Labute approximate surface area is 229 Å². The molecule has 2 N–H and O–H groups in total. The van der Waals surface area contributed by atoms with Crippen LogP contribution in [0.4, 0.5) is 31.1 Å². The summed E-state index contributed by atoms with van der Waals surface area (Å²) in [5.74, 6) is -0.585. The Morgan fingerprint density at radius 2 is 1.57 bits per heavy atom. The van der Waals surface area contributed by atoms with Crippen LogP contribution in [-0.2, 0) is 21.9 Å². The van der Waals surface area contributed by atoms with Crippen LogP contribution in [0, 0.1) is 0 Å². The molecule has 0 saturated carbocycles. The Balaban J connectivity index is 1.82. The first kappa shape index (κ1) is 31.3. The summed E-state index contributed by atoms with van der Waals surface area (Å²) in [6, 6.07) is 9.69. The van der Waals surface area contributed by atoms with Gasteiger partial charge < -0.3 is 20.3 Å². The van der Waals surface area contributed by atoms with E-state index in [-0.39, 0.29) is 55.6 Å². The van der Waals surface area contributed by atoms with E-state index < -0.39 is 41.7 Å². The number of alkyl halides is 6. The average molecular weight is 574 g/mol. The summed E-state index contributed by atoms with van der Waals surface area (Å²) in [6.45, 7) is 5.63. The first-order valence-electron chi connectivity index (χ1n) is 12.9. The minimum atomic E-state index is -4.96. The number of carbonyl (C=O) groups is 2. The zero-order chi connectivity index (χ0) is 29.8. The Kier molecular flexibility index (Phi) is 9.76. The highest BCUT2D eigenvalue weighted by Gasteiger charge is 2.39. The number of carbonyl (C=O) groups excluding carboxylic acids is 2. The topological polar surface area (TPSA) is 75.9 Å². The maximum atomic E-state index is 13.4. The molecule has 12 heteroatoms. The minimum absolute atomic E-state index is 0.0506.